The van der Waals surface area contributed by atoms with E-state index in [2.05, 4.69) is 5.32 Å². The highest BCUT2D eigenvalue weighted by Crippen LogP contribution is 2.32. The second-order valence-electron chi connectivity index (χ2n) is 8.30. The van der Waals surface area contributed by atoms with Crippen LogP contribution in [0.3, 0.4) is 0 Å². The number of likely N-dealkylation sites (N-methyl/N-ethyl adjacent to an activating group) is 1. The number of ether oxygens (including phenoxy) is 1. The lowest BCUT2D eigenvalue weighted by Crippen LogP contribution is -2.43. The SMILES string of the molecule is CC(Oc1cccc2c1CNCC2)C(=O)N(CCN(C)C)Cc1ccccc1C(F)(F)F.Cl.Cl. The number of fused-ring (bicyclic) bond motifs is 1. The average molecular weight is 522 g/mol. The topological polar surface area (TPSA) is 44.8 Å². The van der Waals surface area contributed by atoms with Crippen molar-refractivity contribution in [2.45, 2.75) is 38.7 Å². The second-order valence-corrected chi connectivity index (χ2v) is 8.30. The molecule has 0 saturated carbocycles. The molecule has 1 atom stereocenters. The first-order valence-electron chi connectivity index (χ1n) is 10.7. The van der Waals surface area contributed by atoms with Gasteiger partial charge in [0.1, 0.15) is 5.75 Å². The van der Waals surface area contributed by atoms with Crippen LogP contribution in [0.4, 0.5) is 13.2 Å². The van der Waals surface area contributed by atoms with Gasteiger partial charge in [0.2, 0.25) is 0 Å². The number of halogens is 5. The highest BCUT2D eigenvalue weighted by Gasteiger charge is 2.34. The van der Waals surface area contributed by atoms with Crippen molar-refractivity contribution in [1.82, 2.24) is 15.1 Å². The maximum Gasteiger partial charge on any atom is 0.416 e. The van der Waals surface area contributed by atoms with Crippen molar-refractivity contribution in [1.29, 1.82) is 0 Å². The Morgan fingerprint density at radius 1 is 1.09 bits per heavy atom. The van der Waals surface area contributed by atoms with Crippen molar-refractivity contribution in [2.75, 3.05) is 33.7 Å². The molecule has 10 heteroatoms. The number of nitrogens with one attached hydrogen (secondary N) is 1. The Hall–Kier alpha value is -2.00. The van der Waals surface area contributed by atoms with Gasteiger partial charge in [-0.05, 0) is 57.2 Å². The van der Waals surface area contributed by atoms with E-state index < -0.39 is 17.8 Å². The number of benzene rings is 2. The molecule has 1 heterocycles. The number of nitrogens with zero attached hydrogens (tertiary/aromatic N) is 2. The van der Waals surface area contributed by atoms with Gasteiger partial charge in [-0.1, -0.05) is 30.3 Å². The normalized spacial score (nSPS) is 13.9. The average Bonchev–Trinajstić information content (AvgIpc) is 2.76. The lowest BCUT2D eigenvalue weighted by atomic mass is 10.0. The van der Waals surface area contributed by atoms with Crippen molar-refractivity contribution in [3.63, 3.8) is 0 Å². The molecule has 2 aromatic carbocycles. The van der Waals surface area contributed by atoms with Gasteiger partial charge in [-0.15, -0.1) is 24.8 Å². The second kappa shape index (κ2) is 13.2. The Bertz CT molecular complexity index is 942. The molecule has 0 aromatic heterocycles. The monoisotopic (exact) mass is 521 g/mol. The highest BCUT2D eigenvalue weighted by atomic mass is 35.5. The maximum atomic E-state index is 13.5. The van der Waals surface area contributed by atoms with E-state index in [0.29, 0.717) is 25.4 Å². The van der Waals surface area contributed by atoms with Crippen molar-refractivity contribution in [3.8, 4) is 5.75 Å². The van der Waals surface area contributed by atoms with E-state index in [1.54, 1.807) is 13.0 Å². The zero-order chi connectivity index (χ0) is 23.3. The van der Waals surface area contributed by atoms with Crippen molar-refractivity contribution in [2.24, 2.45) is 0 Å². The largest absolute Gasteiger partial charge is 0.481 e. The van der Waals surface area contributed by atoms with Crippen molar-refractivity contribution in [3.05, 3.63) is 64.7 Å². The third-order valence-electron chi connectivity index (χ3n) is 5.57. The summed E-state index contributed by atoms with van der Waals surface area (Å²) in [6.45, 7) is 3.88. The predicted molar refractivity (Wildman–Crippen MR) is 132 cm³/mol. The number of hydrogen-bond donors (Lipinski definition) is 1. The van der Waals surface area contributed by atoms with Gasteiger partial charge in [0.05, 0.1) is 5.56 Å². The number of rotatable bonds is 8. The molecule has 0 aliphatic carbocycles. The summed E-state index contributed by atoms with van der Waals surface area (Å²) in [6.07, 6.45) is -4.42. The maximum absolute atomic E-state index is 13.5. The summed E-state index contributed by atoms with van der Waals surface area (Å²) in [5.74, 6) is 0.295. The third-order valence-corrected chi connectivity index (χ3v) is 5.57. The highest BCUT2D eigenvalue weighted by molar-refractivity contribution is 5.85. The fourth-order valence-electron chi connectivity index (χ4n) is 3.82. The number of carbonyl (C=O) groups excluding carboxylic acids is 1. The first-order valence-corrected chi connectivity index (χ1v) is 10.7. The van der Waals surface area contributed by atoms with Crippen LogP contribution in [0.15, 0.2) is 42.5 Å². The van der Waals surface area contributed by atoms with Crippen LogP contribution >= 0.6 is 24.8 Å². The molecule has 1 N–H and O–H groups in total. The molecule has 0 radical (unpaired) electrons. The molecule has 3 rings (SSSR count). The minimum absolute atomic E-state index is 0. The molecule has 1 aliphatic rings. The zero-order valence-electron chi connectivity index (χ0n) is 19.5. The molecule has 1 amide bonds. The van der Waals surface area contributed by atoms with Gasteiger partial charge in [0.15, 0.2) is 6.10 Å². The van der Waals surface area contributed by atoms with Gasteiger partial charge >= 0.3 is 6.18 Å². The van der Waals surface area contributed by atoms with Crippen LogP contribution in [0.1, 0.15) is 29.2 Å². The van der Waals surface area contributed by atoms with Crippen LogP contribution in [0.2, 0.25) is 0 Å². The number of amides is 1. The summed E-state index contributed by atoms with van der Waals surface area (Å²) in [6, 6.07) is 11.2. The van der Waals surface area contributed by atoms with Crippen LogP contribution in [0, 0.1) is 0 Å². The standard InChI is InChI=1S/C24H30F3N3O2.2ClH/c1-17(32-22-10-6-8-18-11-12-28-15-20(18)22)23(31)30(14-13-29(2)3)16-19-7-4-5-9-21(19)24(25,26)27;;/h4-10,17,28H,11-16H2,1-3H3;2*1H. The molecule has 2 aromatic rings. The molecule has 0 spiro atoms. The van der Waals surface area contributed by atoms with Gasteiger partial charge in [0, 0.05) is 31.7 Å². The number of carbonyl (C=O) groups is 1. The summed E-state index contributed by atoms with van der Waals surface area (Å²) in [7, 11) is 3.71. The van der Waals surface area contributed by atoms with Crippen LogP contribution in [0.25, 0.3) is 0 Å². The van der Waals surface area contributed by atoms with Crippen LogP contribution in [-0.2, 0) is 30.5 Å². The van der Waals surface area contributed by atoms with Crippen LogP contribution in [0.5, 0.6) is 5.75 Å². The van der Waals surface area contributed by atoms with Gasteiger partial charge in [-0.2, -0.15) is 13.2 Å². The molecular weight excluding hydrogens is 490 g/mol. The van der Waals surface area contributed by atoms with E-state index in [0.717, 1.165) is 24.6 Å². The van der Waals surface area contributed by atoms with Gasteiger partial charge < -0.3 is 19.9 Å². The van der Waals surface area contributed by atoms with Gasteiger partial charge in [-0.3, -0.25) is 4.79 Å². The molecule has 1 unspecified atom stereocenters. The Morgan fingerprint density at radius 2 is 1.79 bits per heavy atom. The summed E-state index contributed by atoms with van der Waals surface area (Å²) in [4.78, 5) is 16.6. The van der Waals surface area contributed by atoms with Gasteiger partial charge in [0.25, 0.3) is 5.91 Å². The third kappa shape index (κ3) is 7.77. The smallest absolute Gasteiger partial charge is 0.416 e. The lowest BCUT2D eigenvalue weighted by Gasteiger charge is -2.29. The van der Waals surface area contributed by atoms with E-state index >= 15 is 0 Å². The van der Waals surface area contributed by atoms with E-state index in [1.807, 2.05) is 37.2 Å². The minimum atomic E-state index is -4.48. The number of hydrogen-bond acceptors (Lipinski definition) is 4. The summed E-state index contributed by atoms with van der Waals surface area (Å²) >= 11 is 0. The molecule has 1 aliphatic heterocycles. The Labute approximate surface area is 211 Å². The Kier molecular flexibility index (Phi) is 11.6. The lowest BCUT2D eigenvalue weighted by molar-refractivity contribution is -0.142. The molecule has 0 bridgehead atoms. The fourth-order valence-corrected chi connectivity index (χ4v) is 3.82. The summed E-state index contributed by atoms with van der Waals surface area (Å²) in [5, 5.41) is 3.30. The minimum Gasteiger partial charge on any atom is -0.481 e. The molecule has 0 saturated heterocycles. The quantitative estimate of drug-likeness (QED) is 0.553. The Balaban J connectivity index is 0.00000289. The number of alkyl halides is 3. The zero-order valence-corrected chi connectivity index (χ0v) is 21.2. The molecule has 190 valence electrons. The molecular formula is C24H32Cl2F3N3O2. The van der Waals surface area contributed by atoms with E-state index in [-0.39, 0.29) is 42.8 Å². The van der Waals surface area contributed by atoms with Crippen LogP contribution in [-0.4, -0.2) is 55.5 Å². The molecule has 34 heavy (non-hydrogen) atoms. The van der Waals surface area contributed by atoms with Crippen molar-refractivity contribution >= 4 is 30.7 Å². The van der Waals surface area contributed by atoms with Crippen molar-refractivity contribution < 1.29 is 22.7 Å². The summed E-state index contributed by atoms with van der Waals surface area (Å²) in [5.41, 5.74) is 1.56. The first kappa shape index (κ1) is 30.0. The van der Waals surface area contributed by atoms with E-state index in [4.69, 9.17) is 4.74 Å². The summed E-state index contributed by atoms with van der Waals surface area (Å²) < 4.78 is 46.5. The van der Waals surface area contributed by atoms with E-state index in [1.165, 1.54) is 22.6 Å². The molecule has 5 nitrogen and oxygen atoms in total. The Morgan fingerprint density at radius 3 is 2.47 bits per heavy atom. The predicted octanol–water partition coefficient (Wildman–Crippen LogP) is 4.55. The van der Waals surface area contributed by atoms with Crippen LogP contribution < -0.4 is 10.1 Å². The fraction of sp³-hybridized carbons (Fsp3) is 0.458. The van der Waals surface area contributed by atoms with Gasteiger partial charge in [-0.25, -0.2) is 0 Å². The molecule has 0 fully saturated rings. The first-order chi connectivity index (χ1) is 15.2. The van der Waals surface area contributed by atoms with E-state index in [9.17, 15) is 18.0 Å².